The summed E-state index contributed by atoms with van der Waals surface area (Å²) in [6.45, 7) is 5.11. The molecule has 9 heteroatoms. The van der Waals surface area contributed by atoms with Gasteiger partial charge in [-0.05, 0) is 43.3 Å². The number of fused-ring (bicyclic) bond motifs is 1. The molecular weight excluding hydrogens is 385 g/mol. The van der Waals surface area contributed by atoms with E-state index in [9.17, 15) is 13.2 Å². The molecule has 29 heavy (non-hydrogen) atoms. The van der Waals surface area contributed by atoms with Gasteiger partial charge in [-0.25, -0.2) is 4.98 Å². The predicted molar refractivity (Wildman–Crippen MR) is 100 cm³/mol. The van der Waals surface area contributed by atoms with Gasteiger partial charge in [-0.3, -0.25) is 0 Å². The number of benzene rings is 2. The van der Waals surface area contributed by atoms with Crippen molar-refractivity contribution in [2.24, 2.45) is 0 Å². The van der Waals surface area contributed by atoms with Crippen molar-refractivity contribution < 1.29 is 22.4 Å². The Balaban J connectivity index is 1.70. The highest BCUT2D eigenvalue weighted by Crippen LogP contribution is 2.39. The number of halogens is 3. The molecule has 0 spiro atoms. The highest BCUT2D eigenvalue weighted by Gasteiger charge is 2.35. The van der Waals surface area contributed by atoms with E-state index in [1.807, 2.05) is 0 Å². The number of nitrogens with zero attached hydrogens (tertiary/aromatic N) is 3. The zero-order valence-corrected chi connectivity index (χ0v) is 15.2. The van der Waals surface area contributed by atoms with Crippen LogP contribution in [0.5, 0.6) is 5.75 Å². The second-order valence-electron chi connectivity index (χ2n) is 6.32. The van der Waals surface area contributed by atoms with Crippen LogP contribution in [0.3, 0.4) is 0 Å². The number of hydrogen-bond acceptors (Lipinski definition) is 5. The smallest absolute Gasteiger partial charge is 0.419 e. The third-order valence-electron chi connectivity index (χ3n) is 4.28. The van der Waals surface area contributed by atoms with E-state index in [1.54, 1.807) is 31.5 Å². The van der Waals surface area contributed by atoms with E-state index in [4.69, 9.17) is 9.26 Å². The van der Waals surface area contributed by atoms with Gasteiger partial charge in [-0.2, -0.15) is 18.2 Å². The minimum absolute atomic E-state index is 0.0291. The second kappa shape index (κ2) is 7.08. The van der Waals surface area contributed by atoms with Crippen molar-refractivity contribution in [3.05, 3.63) is 60.9 Å². The summed E-state index contributed by atoms with van der Waals surface area (Å²) in [6.07, 6.45) is -2.21. The van der Waals surface area contributed by atoms with Gasteiger partial charge in [0.1, 0.15) is 11.9 Å². The normalized spacial score (nSPS) is 12.8. The Morgan fingerprint density at radius 1 is 1.17 bits per heavy atom. The molecule has 2 heterocycles. The van der Waals surface area contributed by atoms with Crippen molar-refractivity contribution in [3.63, 3.8) is 0 Å². The number of H-pyrrole nitrogens is 1. The van der Waals surface area contributed by atoms with Crippen LogP contribution >= 0.6 is 0 Å². The molecule has 0 radical (unpaired) electrons. The molecule has 2 aromatic heterocycles. The molecule has 0 saturated heterocycles. The van der Waals surface area contributed by atoms with Gasteiger partial charge in [-0.1, -0.05) is 17.8 Å². The fourth-order valence-electron chi connectivity index (χ4n) is 2.77. The minimum Gasteiger partial charge on any atom is -0.486 e. The van der Waals surface area contributed by atoms with Gasteiger partial charge in [0.05, 0.1) is 22.9 Å². The van der Waals surface area contributed by atoms with Crippen molar-refractivity contribution in [1.29, 1.82) is 0 Å². The van der Waals surface area contributed by atoms with Crippen LogP contribution in [0.2, 0.25) is 0 Å². The van der Waals surface area contributed by atoms with E-state index >= 15 is 0 Å². The first kappa shape index (κ1) is 18.7. The molecule has 1 N–H and O–H groups in total. The molecule has 0 aliphatic heterocycles. The highest BCUT2D eigenvalue weighted by atomic mass is 19.4. The molecule has 6 nitrogen and oxygen atoms in total. The molecule has 1 unspecified atom stereocenters. The Bertz CT molecular complexity index is 1180. The first-order chi connectivity index (χ1) is 13.8. The molecule has 1 atom stereocenters. The van der Waals surface area contributed by atoms with Crippen molar-refractivity contribution in [3.8, 4) is 28.6 Å². The van der Waals surface area contributed by atoms with Crippen molar-refractivity contribution in [2.45, 2.75) is 19.2 Å². The van der Waals surface area contributed by atoms with Crippen LogP contribution < -0.4 is 4.74 Å². The van der Waals surface area contributed by atoms with E-state index in [-0.39, 0.29) is 23.0 Å². The fraction of sp³-hybridized carbons (Fsp3) is 0.150. The number of imidazole rings is 1. The minimum atomic E-state index is -4.61. The van der Waals surface area contributed by atoms with Gasteiger partial charge in [0.2, 0.25) is 5.82 Å². The standard InChI is InChI=1S/C20H15F3N4O2/c1-3-11(2)28-17-7-5-13(8-14(17)20(21,22)23)19-26-18(27-29-19)12-4-6-15-16(9-12)25-10-24-15/h3-11H,1H2,2H3,(H,24,25). The summed E-state index contributed by atoms with van der Waals surface area (Å²) in [7, 11) is 0. The van der Waals surface area contributed by atoms with E-state index in [0.717, 1.165) is 17.1 Å². The van der Waals surface area contributed by atoms with Crippen molar-refractivity contribution >= 4 is 11.0 Å². The van der Waals surface area contributed by atoms with Crippen LogP contribution in [-0.2, 0) is 6.18 Å². The SMILES string of the molecule is C=CC(C)Oc1ccc(-c2nc(-c3ccc4nc[nH]c4c3)no2)cc1C(F)(F)F. The number of alkyl halides is 3. The topological polar surface area (TPSA) is 76.8 Å². The number of rotatable bonds is 5. The maximum absolute atomic E-state index is 13.5. The van der Waals surface area contributed by atoms with Crippen LogP contribution in [0.25, 0.3) is 33.9 Å². The maximum Gasteiger partial charge on any atom is 0.419 e. The zero-order valence-electron chi connectivity index (χ0n) is 15.2. The summed E-state index contributed by atoms with van der Waals surface area (Å²) in [5.41, 5.74) is 1.41. The van der Waals surface area contributed by atoms with Crippen LogP contribution in [0.4, 0.5) is 13.2 Å². The average Bonchev–Trinajstić information content (AvgIpc) is 3.36. The lowest BCUT2D eigenvalue weighted by Crippen LogP contribution is -2.13. The Morgan fingerprint density at radius 3 is 2.72 bits per heavy atom. The summed E-state index contributed by atoms with van der Waals surface area (Å²) in [5, 5.41) is 3.88. The van der Waals surface area contributed by atoms with E-state index in [0.29, 0.717) is 5.56 Å². The first-order valence-electron chi connectivity index (χ1n) is 8.63. The first-order valence-corrected chi connectivity index (χ1v) is 8.63. The van der Waals surface area contributed by atoms with Crippen LogP contribution in [-0.4, -0.2) is 26.2 Å². The predicted octanol–water partition coefficient (Wildman–Crippen LogP) is 5.25. The Labute approximate surface area is 163 Å². The zero-order chi connectivity index (χ0) is 20.6. The van der Waals surface area contributed by atoms with Gasteiger partial charge >= 0.3 is 6.18 Å². The van der Waals surface area contributed by atoms with Gasteiger partial charge in [-0.15, -0.1) is 0 Å². The number of hydrogen-bond donors (Lipinski definition) is 1. The molecule has 4 aromatic rings. The molecule has 0 aliphatic carbocycles. The van der Waals surface area contributed by atoms with Crippen molar-refractivity contribution in [2.75, 3.05) is 0 Å². The molecule has 0 saturated carbocycles. The lowest BCUT2D eigenvalue weighted by Gasteiger charge is -2.17. The van der Waals surface area contributed by atoms with Gasteiger partial charge in [0.15, 0.2) is 0 Å². The number of nitrogens with one attached hydrogen (secondary N) is 1. The molecule has 4 rings (SSSR count). The monoisotopic (exact) mass is 400 g/mol. The highest BCUT2D eigenvalue weighted by molar-refractivity contribution is 5.80. The summed E-state index contributed by atoms with van der Waals surface area (Å²) in [4.78, 5) is 11.3. The molecule has 2 aromatic carbocycles. The van der Waals surface area contributed by atoms with Gasteiger partial charge in [0, 0.05) is 11.1 Å². The van der Waals surface area contributed by atoms with Crippen LogP contribution in [0.1, 0.15) is 12.5 Å². The number of aromatic amines is 1. The summed E-state index contributed by atoms with van der Waals surface area (Å²) < 4.78 is 51.0. The third-order valence-corrected chi connectivity index (χ3v) is 4.28. The van der Waals surface area contributed by atoms with E-state index in [2.05, 4.69) is 26.7 Å². The third kappa shape index (κ3) is 3.71. The molecule has 0 aliphatic rings. The lowest BCUT2D eigenvalue weighted by molar-refractivity contribution is -0.139. The number of aromatic nitrogens is 4. The van der Waals surface area contributed by atoms with E-state index < -0.39 is 17.8 Å². The molecule has 0 amide bonds. The Kier molecular flexibility index (Phi) is 4.57. The summed E-state index contributed by atoms with van der Waals surface area (Å²) in [6, 6.07) is 8.93. The van der Waals surface area contributed by atoms with E-state index in [1.165, 1.54) is 18.2 Å². The second-order valence-corrected chi connectivity index (χ2v) is 6.32. The van der Waals surface area contributed by atoms with Crippen LogP contribution in [0.15, 0.2) is 59.9 Å². The maximum atomic E-state index is 13.5. The molecule has 148 valence electrons. The van der Waals surface area contributed by atoms with Crippen LogP contribution in [0, 0.1) is 0 Å². The average molecular weight is 400 g/mol. The van der Waals surface area contributed by atoms with Gasteiger partial charge < -0.3 is 14.2 Å². The summed E-state index contributed by atoms with van der Waals surface area (Å²) >= 11 is 0. The lowest BCUT2D eigenvalue weighted by atomic mass is 10.1. The summed E-state index contributed by atoms with van der Waals surface area (Å²) in [5.74, 6) is -0.0673. The molecule has 0 bridgehead atoms. The fourth-order valence-corrected chi connectivity index (χ4v) is 2.77. The Hall–Kier alpha value is -3.62. The molecule has 0 fully saturated rings. The largest absolute Gasteiger partial charge is 0.486 e. The van der Waals surface area contributed by atoms with Gasteiger partial charge in [0.25, 0.3) is 5.89 Å². The molecular formula is C20H15F3N4O2. The quantitative estimate of drug-likeness (QED) is 0.463. The number of ether oxygens (including phenoxy) is 1. The Morgan fingerprint density at radius 2 is 1.97 bits per heavy atom. The van der Waals surface area contributed by atoms with Crippen molar-refractivity contribution in [1.82, 2.24) is 20.1 Å².